The predicted molar refractivity (Wildman–Crippen MR) is 109 cm³/mol. The van der Waals surface area contributed by atoms with Crippen LogP contribution in [0, 0.1) is 0 Å². The van der Waals surface area contributed by atoms with Gasteiger partial charge in [0.1, 0.15) is 17.2 Å². The molecule has 0 spiro atoms. The van der Waals surface area contributed by atoms with Crippen LogP contribution in [0.15, 0.2) is 52.1 Å². The van der Waals surface area contributed by atoms with Crippen LogP contribution >= 0.6 is 11.5 Å². The summed E-state index contributed by atoms with van der Waals surface area (Å²) in [5.41, 5.74) is -2.74. The lowest BCUT2D eigenvalue weighted by molar-refractivity contribution is -0.144. The number of fused-ring (bicyclic) bond motifs is 1. The molecule has 0 aliphatic rings. The second-order valence-corrected chi connectivity index (χ2v) is 7.44. The van der Waals surface area contributed by atoms with Gasteiger partial charge < -0.3 is 9.84 Å². The highest BCUT2D eigenvalue weighted by Gasteiger charge is 2.35. The predicted octanol–water partition coefficient (Wildman–Crippen LogP) is 3.55. The summed E-state index contributed by atoms with van der Waals surface area (Å²) in [5.74, 6) is 0.430. The number of hydrogen-bond acceptors (Lipinski definition) is 6. The smallest absolute Gasteiger partial charge is 0.431 e. The van der Waals surface area contributed by atoms with Gasteiger partial charge in [0.15, 0.2) is 0 Å². The molecule has 2 heterocycles. The van der Waals surface area contributed by atoms with Crippen LogP contribution in [-0.4, -0.2) is 25.7 Å². The fraction of sp³-hybridized carbons (Fsp3) is 0.150. The van der Waals surface area contributed by atoms with Gasteiger partial charge in [-0.2, -0.15) is 17.5 Å². The van der Waals surface area contributed by atoms with Crippen molar-refractivity contribution in [1.82, 2.24) is 13.5 Å². The highest BCUT2D eigenvalue weighted by molar-refractivity contribution is 7.13. The molecule has 0 saturated carbocycles. The van der Waals surface area contributed by atoms with Crippen molar-refractivity contribution in [3.63, 3.8) is 0 Å². The minimum atomic E-state index is -4.84. The third-order valence-electron chi connectivity index (χ3n) is 4.78. The highest BCUT2D eigenvalue weighted by atomic mass is 32.1. The van der Waals surface area contributed by atoms with Gasteiger partial charge in [-0.05, 0) is 47.9 Å². The Labute approximate surface area is 176 Å². The number of hydrogen-bond donors (Lipinski definition) is 1. The summed E-state index contributed by atoms with van der Waals surface area (Å²) in [6.07, 6.45) is -4.84. The van der Waals surface area contributed by atoms with E-state index in [0.29, 0.717) is 42.3 Å². The fourth-order valence-corrected chi connectivity index (χ4v) is 4.00. The van der Waals surface area contributed by atoms with Crippen LogP contribution in [0.1, 0.15) is 5.69 Å². The summed E-state index contributed by atoms with van der Waals surface area (Å²) in [6.45, 7) is 0. The number of halogens is 3. The Morgan fingerprint density at radius 2 is 1.84 bits per heavy atom. The van der Waals surface area contributed by atoms with E-state index in [4.69, 9.17) is 4.74 Å². The van der Waals surface area contributed by atoms with Crippen LogP contribution in [0.25, 0.3) is 27.0 Å². The van der Waals surface area contributed by atoms with Gasteiger partial charge in [-0.3, -0.25) is 9.36 Å². The van der Waals surface area contributed by atoms with Crippen molar-refractivity contribution in [2.75, 3.05) is 7.11 Å². The van der Waals surface area contributed by atoms with Crippen LogP contribution in [-0.2, 0) is 13.2 Å². The second kappa shape index (κ2) is 7.27. The van der Waals surface area contributed by atoms with Gasteiger partial charge in [-0.25, -0.2) is 9.36 Å². The number of nitrogens with zero attached hydrogens (tertiary/aromatic N) is 3. The maximum atomic E-state index is 13.1. The van der Waals surface area contributed by atoms with Crippen molar-refractivity contribution in [2.24, 2.45) is 7.05 Å². The molecule has 0 atom stereocenters. The molecule has 0 radical (unpaired) electrons. The maximum absolute atomic E-state index is 13.1. The number of alkyl halides is 3. The summed E-state index contributed by atoms with van der Waals surface area (Å²) in [6, 6.07) is 9.51. The largest absolute Gasteiger partial charge is 0.507 e. The molecule has 0 saturated heterocycles. The summed E-state index contributed by atoms with van der Waals surface area (Å²) in [5, 5.41) is 10.8. The summed E-state index contributed by atoms with van der Waals surface area (Å²) in [4.78, 5) is 25.0. The quantitative estimate of drug-likeness (QED) is 0.517. The Bertz CT molecular complexity index is 1440. The lowest BCUT2D eigenvalue weighted by Crippen LogP contribution is -2.40. The Hall–Kier alpha value is -3.60. The zero-order valence-corrected chi connectivity index (χ0v) is 16.9. The number of phenolic OH excluding ortho intramolecular Hbond substituents is 1. The average Bonchev–Trinajstić information content (AvgIpc) is 3.13. The number of aromatic nitrogens is 3. The van der Waals surface area contributed by atoms with E-state index in [-0.39, 0.29) is 11.4 Å². The van der Waals surface area contributed by atoms with Crippen LogP contribution in [0.5, 0.6) is 11.5 Å². The Morgan fingerprint density at radius 1 is 1.10 bits per heavy atom. The van der Waals surface area contributed by atoms with E-state index in [9.17, 15) is 27.9 Å². The van der Waals surface area contributed by atoms with Gasteiger partial charge in [-0.1, -0.05) is 0 Å². The molecule has 0 amide bonds. The Morgan fingerprint density at radius 3 is 2.52 bits per heavy atom. The zero-order valence-electron chi connectivity index (χ0n) is 16.1. The molecule has 4 rings (SSSR count). The van der Waals surface area contributed by atoms with E-state index in [1.807, 2.05) is 0 Å². The first-order valence-electron chi connectivity index (χ1n) is 8.79. The molecular formula is C20H14F3N3O4S. The maximum Gasteiger partial charge on any atom is 0.431 e. The lowest BCUT2D eigenvalue weighted by atomic mass is 10.1. The molecule has 2 aromatic carbocycles. The molecule has 160 valence electrons. The van der Waals surface area contributed by atoms with Crippen LogP contribution in [0.2, 0.25) is 0 Å². The van der Waals surface area contributed by atoms with E-state index in [1.165, 1.54) is 25.3 Å². The third kappa shape index (κ3) is 3.46. The molecular weight excluding hydrogens is 435 g/mol. The van der Waals surface area contributed by atoms with Gasteiger partial charge in [0.05, 0.1) is 23.2 Å². The molecule has 0 bridgehead atoms. The second-order valence-electron chi connectivity index (χ2n) is 6.64. The first-order chi connectivity index (χ1) is 14.6. The minimum Gasteiger partial charge on any atom is -0.507 e. The van der Waals surface area contributed by atoms with Crippen LogP contribution in [0.3, 0.4) is 0 Å². The van der Waals surface area contributed by atoms with Gasteiger partial charge in [0.25, 0.3) is 5.56 Å². The highest BCUT2D eigenvalue weighted by Crippen LogP contribution is 2.38. The number of rotatable bonds is 3. The molecule has 11 heteroatoms. The standard InChI is InChI=1S/C20H14F3N3O4S/c1-25-16(20(21,22)23)9-17(28)26(19(25)29)10-3-6-15-13(7-10)18(24-31-15)12-8-11(30-2)4-5-14(12)27/h3-9,27H,1-2H3. The Kier molecular flexibility index (Phi) is 4.85. The molecule has 31 heavy (non-hydrogen) atoms. The first-order valence-corrected chi connectivity index (χ1v) is 9.56. The van der Waals surface area contributed by atoms with Crippen molar-refractivity contribution in [3.8, 4) is 28.4 Å². The van der Waals surface area contributed by atoms with Crippen molar-refractivity contribution in [2.45, 2.75) is 6.18 Å². The summed E-state index contributed by atoms with van der Waals surface area (Å²) in [7, 11) is 2.42. The van der Waals surface area contributed by atoms with Gasteiger partial charge in [0.2, 0.25) is 0 Å². The van der Waals surface area contributed by atoms with Crippen LogP contribution in [0.4, 0.5) is 13.2 Å². The number of aromatic hydroxyl groups is 1. The number of methoxy groups -OCH3 is 1. The van der Waals surface area contributed by atoms with E-state index in [1.54, 1.807) is 18.2 Å². The van der Waals surface area contributed by atoms with Gasteiger partial charge in [-0.15, -0.1) is 0 Å². The third-order valence-corrected chi connectivity index (χ3v) is 5.61. The summed E-state index contributed by atoms with van der Waals surface area (Å²) >= 11 is 1.13. The SMILES string of the molecule is COc1ccc(O)c(-c2nsc3ccc(-n4c(=O)cc(C(F)(F)F)n(C)c4=O)cc23)c1. The minimum absolute atomic E-state index is 0.0546. The van der Waals surface area contributed by atoms with Gasteiger partial charge in [0, 0.05) is 24.1 Å². The zero-order chi connectivity index (χ0) is 22.5. The average molecular weight is 449 g/mol. The molecule has 0 aliphatic carbocycles. The number of ether oxygens (including phenoxy) is 1. The number of phenols is 1. The molecule has 0 unspecified atom stereocenters. The van der Waals surface area contributed by atoms with Gasteiger partial charge >= 0.3 is 11.9 Å². The molecule has 4 aromatic rings. The van der Waals surface area contributed by atoms with E-state index in [2.05, 4.69) is 4.37 Å². The molecule has 1 N–H and O–H groups in total. The van der Waals surface area contributed by atoms with E-state index < -0.39 is 23.1 Å². The molecule has 0 fully saturated rings. The fourth-order valence-electron chi connectivity index (χ4n) is 3.23. The van der Waals surface area contributed by atoms with E-state index >= 15 is 0 Å². The van der Waals surface area contributed by atoms with Crippen molar-refractivity contribution in [3.05, 3.63) is 69.0 Å². The molecule has 7 nitrogen and oxygen atoms in total. The monoisotopic (exact) mass is 449 g/mol. The van der Waals surface area contributed by atoms with Crippen LogP contribution < -0.4 is 16.0 Å². The molecule has 0 aliphatic heterocycles. The van der Waals surface area contributed by atoms with Crippen molar-refractivity contribution >= 4 is 21.6 Å². The lowest BCUT2D eigenvalue weighted by Gasteiger charge is -2.14. The summed E-state index contributed by atoms with van der Waals surface area (Å²) < 4.78 is 50.6. The van der Waals surface area contributed by atoms with Crippen molar-refractivity contribution < 1.29 is 23.0 Å². The topological polar surface area (TPSA) is 86.3 Å². The first kappa shape index (κ1) is 20.7. The molecule has 2 aromatic heterocycles. The van der Waals surface area contributed by atoms with E-state index in [0.717, 1.165) is 18.6 Å². The Balaban J connectivity index is 1.95. The number of benzene rings is 2. The van der Waals surface area contributed by atoms with Crippen molar-refractivity contribution in [1.29, 1.82) is 0 Å². The normalized spacial score (nSPS) is 11.8.